The van der Waals surface area contributed by atoms with Crippen LogP contribution in [0.4, 0.5) is 23.5 Å². The van der Waals surface area contributed by atoms with Crippen LogP contribution in [0.1, 0.15) is 0 Å². The number of hydrogen-bond acceptors (Lipinski definition) is 2. The summed E-state index contributed by atoms with van der Waals surface area (Å²) in [6, 6.07) is 3.14. The highest BCUT2D eigenvalue weighted by Gasteiger charge is 2.20. The Kier molecular flexibility index (Phi) is 3.02. The Morgan fingerprint density at radius 1 is 0.952 bits per heavy atom. The van der Waals surface area contributed by atoms with E-state index in [2.05, 4.69) is 4.98 Å². The first kappa shape index (κ1) is 13.7. The summed E-state index contributed by atoms with van der Waals surface area (Å²) < 4.78 is 55.0. The molecule has 0 saturated heterocycles. The lowest BCUT2D eigenvalue weighted by atomic mass is 10.2. The van der Waals surface area contributed by atoms with Crippen molar-refractivity contribution >= 4 is 28.6 Å². The molecule has 0 bridgehead atoms. The van der Waals surface area contributed by atoms with E-state index in [0.717, 1.165) is 16.7 Å². The van der Waals surface area contributed by atoms with Crippen molar-refractivity contribution in [3.63, 3.8) is 0 Å². The molecule has 0 saturated carbocycles. The van der Waals surface area contributed by atoms with Gasteiger partial charge in [-0.05, 0) is 6.07 Å². The fraction of sp³-hybridized carbons (Fsp3) is 0. The van der Waals surface area contributed by atoms with Crippen molar-refractivity contribution < 1.29 is 17.6 Å². The van der Waals surface area contributed by atoms with Gasteiger partial charge in [0.25, 0.3) is 0 Å². The lowest BCUT2D eigenvalue weighted by molar-refractivity contribution is 0.536. The molecule has 0 atom stereocenters. The van der Waals surface area contributed by atoms with Crippen LogP contribution in [0.2, 0.25) is 5.02 Å². The topological polar surface area (TPSA) is 43.8 Å². The molecule has 3 rings (SSSR count). The van der Waals surface area contributed by atoms with Gasteiger partial charge in [0.05, 0.1) is 16.1 Å². The monoisotopic (exact) mass is 315 g/mol. The summed E-state index contributed by atoms with van der Waals surface area (Å²) in [5, 5.41) is -0.258. The van der Waals surface area contributed by atoms with E-state index in [1.807, 2.05) is 0 Å². The van der Waals surface area contributed by atoms with E-state index in [-0.39, 0.29) is 22.0 Å². The van der Waals surface area contributed by atoms with E-state index in [1.165, 1.54) is 0 Å². The molecule has 21 heavy (non-hydrogen) atoms. The van der Waals surface area contributed by atoms with Crippen molar-refractivity contribution in [2.24, 2.45) is 0 Å². The second-order valence-corrected chi connectivity index (χ2v) is 4.69. The van der Waals surface area contributed by atoms with Crippen LogP contribution < -0.4 is 5.73 Å². The Balaban J connectivity index is 2.41. The van der Waals surface area contributed by atoms with Crippen molar-refractivity contribution in [1.29, 1.82) is 0 Å². The quantitative estimate of drug-likeness (QED) is 0.694. The maximum Gasteiger partial charge on any atom is 0.206 e. The normalized spacial score (nSPS) is 11.3. The third-order valence-corrected chi connectivity index (χ3v) is 3.22. The molecule has 0 radical (unpaired) electrons. The number of aromatic nitrogens is 2. The predicted octanol–water partition coefficient (Wildman–Crippen LogP) is 3.82. The van der Waals surface area contributed by atoms with Crippen LogP contribution in [0.3, 0.4) is 0 Å². The molecule has 2 N–H and O–H groups in total. The Labute approximate surface area is 120 Å². The van der Waals surface area contributed by atoms with Gasteiger partial charge >= 0.3 is 0 Å². The van der Waals surface area contributed by atoms with Gasteiger partial charge in [0, 0.05) is 18.2 Å². The molecule has 0 aliphatic rings. The van der Waals surface area contributed by atoms with E-state index in [9.17, 15) is 17.6 Å². The maximum absolute atomic E-state index is 13.9. The summed E-state index contributed by atoms with van der Waals surface area (Å²) in [5.74, 6) is -4.43. The van der Waals surface area contributed by atoms with Crippen molar-refractivity contribution in [2.45, 2.75) is 0 Å². The zero-order chi connectivity index (χ0) is 15.3. The molecular weight excluding hydrogens is 310 g/mol. The number of halogens is 5. The molecule has 108 valence electrons. The second kappa shape index (κ2) is 4.63. The lowest BCUT2D eigenvalue weighted by Gasteiger charge is -2.09. The van der Waals surface area contributed by atoms with Crippen molar-refractivity contribution in [2.75, 3.05) is 5.73 Å². The molecule has 0 spiro atoms. The molecule has 8 heteroatoms. The van der Waals surface area contributed by atoms with Crippen LogP contribution in [0.25, 0.3) is 16.7 Å². The molecule has 1 aromatic heterocycles. The smallest absolute Gasteiger partial charge is 0.206 e. The number of nitrogens with two attached hydrogens (primary N) is 1. The van der Waals surface area contributed by atoms with Crippen LogP contribution >= 0.6 is 11.6 Å². The molecule has 1 heterocycles. The summed E-state index contributed by atoms with van der Waals surface area (Å²) >= 11 is 5.66. The van der Waals surface area contributed by atoms with Gasteiger partial charge in [-0.25, -0.2) is 22.5 Å². The first-order chi connectivity index (χ1) is 9.88. The minimum Gasteiger partial charge on any atom is -0.369 e. The minimum absolute atomic E-state index is 0.0672. The average molecular weight is 316 g/mol. The maximum atomic E-state index is 13.9. The standard InChI is InChI=1S/C13H6ClF4N3/c14-6-3-11-10(4-7(6)16)20-13(19)21(11)12-8(17)1-5(15)2-9(12)18/h1-4H,(H2,19,20). The molecule has 0 amide bonds. The molecule has 0 aliphatic carbocycles. The van der Waals surface area contributed by atoms with Crippen LogP contribution in [0.15, 0.2) is 24.3 Å². The van der Waals surface area contributed by atoms with E-state index in [1.54, 1.807) is 0 Å². The molecule has 0 unspecified atom stereocenters. The highest BCUT2D eigenvalue weighted by atomic mass is 35.5. The summed E-state index contributed by atoms with van der Waals surface area (Å²) in [4.78, 5) is 3.81. The second-order valence-electron chi connectivity index (χ2n) is 4.28. The first-order valence-electron chi connectivity index (χ1n) is 5.66. The number of nitrogens with zero attached hydrogens (tertiary/aromatic N) is 2. The van der Waals surface area contributed by atoms with Gasteiger partial charge in [0.2, 0.25) is 5.95 Å². The van der Waals surface area contributed by atoms with Gasteiger partial charge in [0.15, 0.2) is 11.6 Å². The van der Waals surface area contributed by atoms with Gasteiger partial charge < -0.3 is 5.73 Å². The number of imidazole rings is 1. The summed E-state index contributed by atoms with van der Waals surface area (Å²) in [7, 11) is 0. The number of rotatable bonds is 1. The third-order valence-electron chi connectivity index (χ3n) is 2.93. The van der Waals surface area contributed by atoms with Crippen LogP contribution in [0.5, 0.6) is 0 Å². The van der Waals surface area contributed by atoms with Crippen molar-refractivity contribution in [1.82, 2.24) is 9.55 Å². The number of hydrogen-bond donors (Lipinski definition) is 1. The fourth-order valence-electron chi connectivity index (χ4n) is 2.07. The van der Waals surface area contributed by atoms with Crippen molar-refractivity contribution in [3.05, 3.63) is 52.6 Å². The molecule has 3 aromatic rings. The van der Waals surface area contributed by atoms with Crippen LogP contribution in [-0.2, 0) is 0 Å². The van der Waals surface area contributed by atoms with E-state index >= 15 is 0 Å². The average Bonchev–Trinajstić information content (AvgIpc) is 2.66. The van der Waals surface area contributed by atoms with E-state index < -0.39 is 29.0 Å². The third kappa shape index (κ3) is 2.09. The fourth-order valence-corrected chi connectivity index (χ4v) is 2.23. The largest absolute Gasteiger partial charge is 0.369 e. The lowest BCUT2D eigenvalue weighted by Crippen LogP contribution is -2.06. The van der Waals surface area contributed by atoms with Crippen LogP contribution in [-0.4, -0.2) is 9.55 Å². The van der Waals surface area contributed by atoms with Gasteiger partial charge in [-0.2, -0.15) is 0 Å². The Morgan fingerprint density at radius 3 is 2.19 bits per heavy atom. The molecule has 3 nitrogen and oxygen atoms in total. The Morgan fingerprint density at radius 2 is 1.57 bits per heavy atom. The van der Waals surface area contributed by atoms with E-state index in [0.29, 0.717) is 12.1 Å². The summed E-state index contributed by atoms with van der Waals surface area (Å²) in [5.41, 5.74) is 5.18. The molecule has 0 fully saturated rings. The van der Waals surface area contributed by atoms with Gasteiger partial charge in [-0.15, -0.1) is 0 Å². The Bertz CT molecular complexity index is 852. The summed E-state index contributed by atoms with van der Waals surface area (Å²) in [6.45, 7) is 0. The molecule has 2 aromatic carbocycles. The van der Waals surface area contributed by atoms with E-state index in [4.69, 9.17) is 17.3 Å². The van der Waals surface area contributed by atoms with Crippen molar-refractivity contribution in [3.8, 4) is 5.69 Å². The summed E-state index contributed by atoms with van der Waals surface area (Å²) in [6.07, 6.45) is 0. The van der Waals surface area contributed by atoms with Gasteiger partial charge in [0.1, 0.15) is 17.3 Å². The zero-order valence-corrected chi connectivity index (χ0v) is 10.9. The number of nitrogen functional groups attached to an aromatic ring is 1. The minimum atomic E-state index is -1.17. The number of anilines is 1. The molecule has 0 aliphatic heterocycles. The number of fused-ring (bicyclic) bond motifs is 1. The SMILES string of the molecule is Nc1nc2cc(F)c(Cl)cc2n1-c1c(F)cc(F)cc1F. The first-order valence-corrected chi connectivity index (χ1v) is 6.04. The molecular formula is C13H6ClF4N3. The zero-order valence-electron chi connectivity index (χ0n) is 10.2. The Hall–Kier alpha value is -2.28. The number of benzene rings is 2. The highest BCUT2D eigenvalue weighted by Crippen LogP contribution is 2.30. The predicted molar refractivity (Wildman–Crippen MR) is 70.3 cm³/mol. The highest BCUT2D eigenvalue weighted by molar-refractivity contribution is 6.31. The van der Waals surface area contributed by atoms with Gasteiger partial charge in [-0.3, -0.25) is 4.57 Å². The van der Waals surface area contributed by atoms with Gasteiger partial charge in [-0.1, -0.05) is 11.6 Å². The van der Waals surface area contributed by atoms with Crippen LogP contribution in [0, 0.1) is 23.3 Å².